The Balaban J connectivity index is 2.81. The summed E-state index contributed by atoms with van der Waals surface area (Å²) in [5, 5.41) is 0.939. The van der Waals surface area contributed by atoms with Crippen molar-refractivity contribution in [2.45, 2.75) is 4.83 Å². The van der Waals surface area contributed by atoms with Crippen LogP contribution in [0.25, 0.3) is 0 Å². The van der Waals surface area contributed by atoms with E-state index in [9.17, 15) is 0 Å². The molecule has 0 aromatic heterocycles. The monoisotopic (exact) mass is 340 g/mol. The topological polar surface area (TPSA) is 0 Å². The Labute approximate surface area is 91.8 Å². The van der Waals surface area contributed by atoms with Gasteiger partial charge in [0, 0.05) is 14.6 Å². The highest BCUT2D eigenvalue weighted by Crippen LogP contribution is 2.25. The second kappa shape index (κ2) is 4.63. The van der Waals surface area contributed by atoms with Gasteiger partial charge in [-0.05, 0) is 17.7 Å². The Morgan fingerprint density at radius 1 is 1.18 bits per heavy atom. The van der Waals surface area contributed by atoms with Crippen LogP contribution in [0.4, 0.5) is 0 Å². The highest BCUT2D eigenvalue weighted by Gasteiger charge is 2.03. The van der Waals surface area contributed by atoms with Crippen LogP contribution in [-0.2, 0) is 0 Å². The van der Waals surface area contributed by atoms with E-state index >= 15 is 0 Å². The molecule has 60 valence electrons. The lowest BCUT2D eigenvalue weighted by molar-refractivity contribution is 1.15. The lowest BCUT2D eigenvalue weighted by atomic mass is 10.2. The van der Waals surface area contributed by atoms with Crippen molar-refractivity contribution in [3.8, 4) is 0 Å². The van der Waals surface area contributed by atoms with Crippen molar-refractivity contribution in [1.29, 1.82) is 0 Å². The van der Waals surface area contributed by atoms with Crippen LogP contribution in [0.3, 0.4) is 0 Å². The van der Waals surface area contributed by atoms with E-state index in [1.807, 2.05) is 12.1 Å². The van der Waals surface area contributed by atoms with Crippen molar-refractivity contribution in [1.82, 2.24) is 0 Å². The molecule has 0 saturated carbocycles. The molecule has 0 unspecified atom stereocenters. The Hall–Kier alpha value is 0.660. The van der Waals surface area contributed by atoms with Crippen molar-refractivity contribution in [3.63, 3.8) is 0 Å². The van der Waals surface area contributed by atoms with E-state index in [-0.39, 0.29) is 0 Å². The van der Waals surface area contributed by atoms with E-state index in [1.165, 1.54) is 5.56 Å². The summed E-state index contributed by atoms with van der Waals surface area (Å²) in [6, 6.07) is 8.30. The van der Waals surface area contributed by atoms with Gasteiger partial charge in [0.05, 0.1) is 0 Å². The average Bonchev–Trinajstić information content (AvgIpc) is 2.05. The normalized spacial score (nSPS) is 13.0. The molecule has 0 heterocycles. The Morgan fingerprint density at radius 2 is 1.73 bits per heavy atom. The van der Waals surface area contributed by atoms with Gasteiger partial charge in [-0.1, -0.05) is 59.9 Å². The second-order valence-electron chi connectivity index (χ2n) is 2.17. The van der Waals surface area contributed by atoms with Crippen LogP contribution in [0.1, 0.15) is 10.4 Å². The average molecular weight is 343 g/mol. The fraction of sp³-hybridized carbons (Fsp3) is 0.250. The molecule has 0 aliphatic rings. The summed E-state index contributed by atoms with van der Waals surface area (Å²) in [5.41, 5.74) is 1.30. The first-order chi connectivity index (χ1) is 5.24. The van der Waals surface area contributed by atoms with Gasteiger partial charge in [0.15, 0.2) is 0 Å². The van der Waals surface area contributed by atoms with Gasteiger partial charge in [-0.3, -0.25) is 0 Å². The molecule has 1 atom stereocenters. The SMILES string of the molecule is BrC[C@H](Br)c1ccc(Br)cc1. The molecule has 0 saturated heterocycles. The Bertz CT molecular complexity index is 217. The predicted molar refractivity (Wildman–Crippen MR) is 59.6 cm³/mol. The van der Waals surface area contributed by atoms with E-state index in [0.29, 0.717) is 4.83 Å². The maximum Gasteiger partial charge on any atom is 0.0492 e. The highest BCUT2D eigenvalue weighted by molar-refractivity contribution is 9.12. The highest BCUT2D eigenvalue weighted by atomic mass is 79.9. The third kappa shape index (κ3) is 2.88. The molecule has 0 N–H and O–H groups in total. The quantitative estimate of drug-likeness (QED) is 0.704. The minimum Gasteiger partial charge on any atom is -0.0912 e. The first-order valence-corrected chi connectivity index (χ1v) is 6.02. The molecule has 0 radical (unpaired) electrons. The molecule has 0 nitrogen and oxygen atoms in total. The van der Waals surface area contributed by atoms with Crippen molar-refractivity contribution in [2.24, 2.45) is 0 Å². The fourth-order valence-corrected chi connectivity index (χ4v) is 1.70. The molecule has 1 aromatic carbocycles. The van der Waals surface area contributed by atoms with Crippen LogP contribution in [-0.4, -0.2) is 5.33 Å². The summed E-state index contributed by atoms with van der Waals surface area (Å²) in [7, 11) is 0. The number of hydrogen-bond acceptors (Lipinski definition) is 0. The molecule has 0 fully saturated rings. The third-order valence-electron chi connectivity index (χ3n) is 1.37. The molecule has 1 aromatic rings. The van der Waals surface area contributed by atoms with Crippen molar-refractivity contribution >= 4 is 47.8 Å². The second-order valence-corrected chi connectivity index (χ2v) is 4.84. The van der Waals surface area contributed by atoms with Gasteiger partial charge in [-0.15, -0.1) is 0 Å². The van der Waals surface area contributed by atoms with E-state index in [1.54, 1.807) is 0 Å². The summed E-state index contributed by atoms with van der Waals surface area (Å²) < 4.78 is 1.12. The van der Waals surface area contributed by atoms with Gasteiger partial charge < -0.3 is 0 Å². The van der Waals surface area contributed by atoms with Crippen LogP contribution in [0.2, 0.25) is 0 Å². The number of hydrogen-bond donors (Lipinski definition) is 0. The van der Waals surface area contributed by atoms with Crippen LogP contribution >= 0.6 is 47.8 Å². The molecule has 0 aliphatic carbocycles. The zero-order chi connectivity index (χ0) is 8.27. The van der Waals surface area contributed by atoms with Crippen LogP contribution in [0.5, 0.6) is 0 Å². The van der Waals surface area contributed by atoms with Crippen molar-refractivity contribution in [3.05, 3.63) is 34.3 Å². The molecular weight excluding hydrogens is 336 g/mol. The molecule has 0 aliphatic heterocycles. The largest absolute Gasteiger partial charge is 0.0912 e. The van der Waals surface area contributed by atoms with Crippen LogP contribution < -0.4 is 0 Å². The van der Waals surface area contributed by atoms with E-state index < -0.39 is 0 Å². The zero-order valence-electron chi connectivity index (χ0n) is 5.73. The first kappa shape index (κ1) is 9.75. The molecule has 0 bridgehead atoms. The standard InChI is InChI=1S/C8H7Br3/c9-5-8(11)6-1-3-7(10)4-2-6/h1-4,8H,5H2/t8-/m0/s1. The smallest absolute Gasteiger partial charge is 0.0492 e. The van der Waals surface area contributed by atoms with Gasteiger partial charge in [0.1, 0.15) is 0 Å². The lowest BCUT2D eigenvalue weighted by Crippen LogP contribution is -1.88. The van der Waals surface area contributed by atoms with Gasteiger partial charge in [0.2, 0.25) is 0 Å². The van der Waals surface area contributed by atoms with Crippen molar-refractivity contribution < 1.29 is 0 Å². The molecule has 0 amide bonds. The Kier molecular flexibility index (Phi) is 4.10. The first-order valence-electron chi connectivity index (χ1n) is 3.19. The van der Waals surface area contributed by atoms with Gasteiger partial charge in [-0.2, -0.15) is 0 Å². The minimum atomic E-state index is 0.413. The molecule has 0 spiro atoms. The fourth-order valence-electron chi connectivity index (χ4n) is 0.761. The summed E-state index contributed by atoms with van der Waals surface area (Å²) in [4.78, 5) is 0.413. The number of benzene rings is 1. The Morgan fingerprint density at radius 3 is 2.18 bits per heavy atom. The summed E-state index contributed by atoms with van der Waals surface area (Å²) in [6.07, 6.45) is 0. The van der Waals surface area contributed by atoms with Gasteiger partial charge >= 0.3 is 0 Å². The maximum absolute atomic E-state index is 3.55. The van der Waals surface area contributed by atoms with E-state index in [4.69, 9.17) is 0 Å². The minimum absolute atomic E-state index is 0.413. The zero-order valence-corrected chi connectivity index (χ0v) is 10.5. The predicted octanol–water partition coefficient (Wildman–Crippen LogP) is 4.28. The lowest BCUT2D eigenvalue weighted by Gasteiger charge is -2.04. The molecular formula is C8H7Br3. The number of rotatable bonds is 2. The van der Waals surface area contributed by atoms with Crippen LogP contribution in [0.15, 0.2) is 28.7 Å². The summed E-state index contributed by atoms with van der Waals surface area (Å²) in [5.74, 6) is 0. The van der Waals surface area contributed by atoms with Crippen LogP contribution in [0, 0.1) is 0 Å². The third-order valence-corrected chi connectivity index (χ3v) is 4.26. The van der Waals surface area contributed by atoms with E-state index in [0.717, 1.165) is 9.80 Å². The number of alkyl halides is 2. The summed E-state index contributed by atoms with van der Waals surface area (Å²) in [6.45, 7) is 0. The maximum atomic E-state index is 3.55. The van der Waals surface area contributed by atoms with E-state index in [2.05, 4.69) is 59.9 Å². The molecule has 11 heavy (non-hydrogen) atoms. The van der Waals surface area contributed by atoms with Gasteiger partial charge in [-0.25, -0.2) is 0 Å². The van der Waals surface area contributed by atoms with Gasteiger partial charge in [0.25, 0.3) is 0 Å². The van der Waals surface area contributed by atoms with Crippen molar-refractivity contribution in [2.75, 3.05) is 5.33 Å². The molecule has 3 heteroatoms. The number of halogens is 3. The summed E-state index contributed by atoms with van der Waals surface area (Å²) >= 11 is 10.3. The molecule has 1 rings (SSSR count).